The second-order valence-electron chi connectivity index (χ2n) is 5.70. The van der Waals surface area contributed by atoms with Crippen molar-refractivity contribution in [3.8, 4) is 5.75 Å². The van der Waals surface area contributed by atoms with E-state index in [1.807, 2.05) is 25.1 Å². The zero-order valence-electron chi connectivity index (χ0n) is 11.0. The van der Waals surface area contributed by atoms with E-state index in [0.717, 1.165) is 17.7 Å². The Bertz CT molecular complexity index is 446. The first-order valence-corrected chi connectivity index (χ1v) is 6.10. The molecule has 92 valence electrons. The van der Waals surface area contributed by atoms with Crippen LogP contribution in [0.2, 0.25) is 0 Å². The van der Waals surface area contributed by atoms with Crippen molar-refractivity contribution in [3.05, 3.63) is 29.3 Å². The monoisotopic (exact) mass is 232 g/mol. The van der Waals surface area contributed by atoms with Crippen molar-refractivity contribution < 1.29 is 9.53 Å². The van der Waals surface area contributed by atoms with Crippen molar-refractivity contribution >= 4 is 5.78 Å². The number of Topliss-reactive ketones (excluding diaryl/α,β-unsaturated/α-hetero) is 1. The SMILES string of the molecule is COc1ccc(C)cc1CC(=O)C1CC1(C)C. The highest BCUT2D eigenvalue weighted by Crippen LogP contribution is 2.52. The molecule has 1 aromatic carbocycles. The Morgan fingerprint density at radius 3 is 2.65 bits per heavy atom. The van der Waals surface area contributed by atoms with Gasteiger partial charge in [-0.15, -0.1) is 0 Å². The minimum absolute atomic E-state index is 0.216. The molecule has 1 atom stereocenters. The molecular weight excluding hydrogens is 212 g/mol. The average Bonchev–Trinajstić information content (AvgIpc) is 2.88. The van der Waals surface area contributed by atoms with Crippen molar-refractivity contribution in [3.63, 3.8) is 0 Å². The summed E-state index contributed by atoms with van der Waals surface area (Å²) in [6.45, 7) is 6.35. The fourth-order valence-electron chi connectivity index (χ4n) is 2.37. The number of ketones is 1. The Morgan fingerprint density at radius 1 is 1.47 bits per heavy atom. The lowest BCUT2D eigenvalue weighted by atomic mass is 9.99. The Hall–Kier alpha value is -1.31. The van der Waals surface area contributed by atoms with Crippen molar-refractivity contribution in [2.24, 2.45) is 11.3 Å². The summed E-state index contributed by atoms with van der Waals surface area (Å²) in [6, 6.07) is 6.00. The number of aryl methyl sites for hydroxylation is 1. The molecule has 2 nitrogen and oxygen atoms in total. The molecule has 0 saturated heterocycles. The molecular formula is C15H20O2. The molecule has 0 spiro atoms. The molecule has 17 heavy (non-hydrogen) atoms. The number of ether oxygens (including phenoxy) is 1. The van der Waals surface area contributed by atoms with Gasteiger partial charge in [-0.05, 0) is 24.8 Å². The lowest BCUT2D eigenvalue weighted by Crippen LogP contribution is -2.10. The average molecular weight is 232 g/mol. The normalized spacial score (nSPS) is 21.1. The highest BCUT2D eigenvalue weighted by molar-refractivity contribution is 5.87. The van der Waals surface area contributed by atoms with Crippen molar-refractivity contribution in [1.29, 1.82) is 0 Å². The van der Waals surface area contributed by atoms with Crippen LogP contribution in [0.25, 0.3) is 0 Å². The summed E-state index contributed by atoms with van der Waals surface area (Å²) in [5, 5.41) is 0. The lowest BCUT2D eigenvalue weighted by Gasteiger charge is -2.09. The van der Waals surface area contributed by atoms with Gasteiger partial charge in [0.05, 0.1) is 7.11 Å². The van der Waals surface area contributed by atoms with Crippen LogP contribution in [0.1, 0.15) is 31.4 Å². The van der Waals surface area contributed by atoms with Gasteiger partial charge in [-0.3, -0.25) is 4.79 Å². The Balaban J connectivity index is 2.13. The molecule has 0 amide bonds. The first kappa shape index (κ1) is 12.2. The topological polar surface area (TPSA) is 26.3 Å². The lowest BCUT2D eigenvalue weighted by molar-refractivity contribution is -0.120. The summed E-state index contributed by atoms with van der Waals surface area (Å²) in [4.78, 5) is 12.1. The van der Waals surface area contributed by atoms with E-state index in [1.54, 1.807) is 7.11 Å². The maximum Gasteiger partial charge on any atom is 0.141 e. The number of hydrogen-bond acceptors (Lipinski definition) is 2. The molecule has 1 aromatic rings. The fourth-order valence-corrected chi connectivity index (χ4v) is 2.37. The van der Waals surface area contributed by atoms with Crippen LogP contribution < -0.4 is 4.74 Å². The minimum atomic E-state index is 0.216. The third-order valence-corrected chi connectivity index (χ3v) is 3.70. The van der Waals surface area contributed by atoms with Crippen molar-refractivity contribution in [2.45, 2.75) is 33.6 Å². The van der Waals surface area contributed by atoms with Crippen LogP contribution in [0.4, 0.5) is 0 Å². The second-order valence-corrected chi connectivity index (χ2v) is 5.70. The van der Waals surface area contributed by atoms with E-state index in [2.05, 4.69) is 13.8 Å². The maximum absolute atomic E-state index is 12.1. The molecule has 0 aliphatic heterocycles. The quantitative estimate of drug-likeness (QED) is 0.797. The first-order valence-electron chi connectivity index (χ1n) is 6.10. The number of carbonyl (C=O) groups is 1. The Morgan fingerprint density at radius 2 is 2.12 bits per heavy atom. The molecule has 1 unspecified atom stereocenters. The molecule has 0 radical (unpaired) electrons. The number of rotatable bonds is 4. The van der Waals surface area contributed by atoms with Gasteiger partial charge in [0.1, 0.15) is 11.5 Å². The van der Waals surface area contributed by atoms with Gasteiger partial charge in [-0.2, -0.15) is 0 Å². The van der Waals surface area contributed by atoms with Gasteiger partial charge in [0.25, 0.3) is 0 Å². The van der Waals surface area contributed by atoms with Crippen molar-refractivity contribution in [2.75, 3.05) is 7.11 Å². The molecule has 1 fully saturated rings. The van der Waals surface area contributed by atoms with E-state index >= 15 is 0 Å². The van der Waals surface area contributed by atoms with Gasteiger partial charge in [-0.25, -0.2) is 0 Å². The van der Waals surface area contributed by atoms with E-state index in [-0.39, 0.29) is 11.3 Å². The van der Waals surface area contributed by atoms with Crippen molar-refractivity contribution in [1.82, 2.24) is 0 Å². The number of methoxy groups -OCH3 is 1. The number of carbonyl (C=O) groups excluding carboxylic acids is 1. The summed E-state index contributed by atoms with van der Waals surface area (Å²) in [7, 11) is 1.65. The molecule has 0 N–H and O–H groups in total. The molecule has 2 rings (SSSR count). The highest BCUT2D eigenvalue weighted by Gasteiger charge is 2.49. The predicted molar refractivity (Wildman–Crippen MR) is 68.3 cm³/mol. The van der Waals surface area contributed by atoms with E-state index in [9.17, 15) is 4.79 Å². The van der Waals surface area contributed by atoms with E-state index in [1.165, 1.54) is 5.56 Å². The fraction of sp³-hybridized carbons (Fsp3) is 0.533. The third kappa shape index (κ3) is 2.51. The van der Waals surface area contributed by atoms with Gasteiger partial charge in [-0.1, -0.05) is 31.5 Å². The van der Waals surface area contributed by atoms with Crippen LogP contribution >= 0.6 is 0 Å². The first-order chi connectivity index (χ1) is 7.94. The number of benzene rings is 1. The zero-order chi connectivity index (χ0) is 12.6. The van der Waals surface area contributed by atoms with Crippen LogP contribution in [0.15, 0.2) is 18.2 Å². The van der Waals surface area contributed by atoms with Crippen LogP contribution in [0, 0.1) is 18.3 Å². The minimum Gasteiger partial charge on any atom is -0.496 e. The van der Waals surface area contributed by atoms with E-state index < -0.39 is 0 Å². The van der Waals surface area contributed by atoms with Gasteiger partial charge in [0, 0.05) is 17.9 Å². The van der Waals surface area contributed by atoms with Crippen LogP contribution in [-0.4, -0.2) is 12.9 Å². The van der Waals surface area contributed by atoms with Gasteiger partial charge < -0.3 is 4.74 Å². The molecule has 2 heteroatoms. The molecule has 1 aliphatic carbocycles. The van der Waals surface area contributed by atoms with Gasteiger partial charge in [0.15, 0.2) is 0 Å². The summed E-state index contributed by atoms with van der Waals surface area (Å²) in [6.07, 6.45) is 1.53. The van der Waals surface area contributed by atoms with Crippen LogP contribution in [0.5, 0.6) is 5.75 Å². The molecule has 1 saturated carbocycles. The summed E-state index contributed by atoms with van der Waals surface area (Å²) in [5.41, 5.74) is 2.40. The van der Waals surface area contributed by atoms with Crippen LogP contribution in [0.3, 0.4) is 0 Å². The van der Waals surface area contributed by atoms with E-state index in [4.69, 9.17) is 4.74 Å². The third-order valence-electron chi connectivity index (χ3n) is 3.70. The smallest absolute Gasteiger partial charge is 0.141 e. The van der Waals surface area contributed by atoms with Gasteiger partial charge in [0.2, 0.25) is 0 Å². The summed E-state index contributed by atoms with van der Waals surface area (Å²) >= 11 is 0. The molecule has 0 heterocycles. The molecule has 1 aliphatic rings. The van der Waals surface area contributed by atoms with Gasteiger partial charge >= 0.3 is 0 Å². The summed E-state index contributed by atoms with van der Waals surface area (Å²) < 4.78 is 5.30. The van der Waals surface area contributed by atoms with E-state index in [0.29, 0.717) is 12.2 Å². The Kier molecular flexibility index (Phi) is 2.98. The largest absolute Gasteiger partial charge is 0.496 e. The zero-order valence-corrected chi connectivity index (χ0v) is 11.0. The molecule has 0 aromatic heterocycles. The maximum atomic E-state index is 12.1. The molecule has 0 bridgehead atoms. The van der Waals surface area contributed by atoms with Crippen LogP contribution in [-0.2, 0) is 11.2 Å². The standard InChI is InChI=1S/C15H20O2/c1-10-5-6-14(17-4)11(7-10)8-13(16)12-9-15(12,2)3/h5-7,12H,8-9H2,1-4H3. The summed E-state index contributed by atoms with van der Waals surface area (Å²) in [5.74, 6) is 1.41. The Labute approximate surface area is 103 Å². The predicted octanol–water partition coefficient (Wildman–Crippen LogP) is 3.16. The highest BCUT2D eigenvalue weighted by atomic mass is 16.5. The number of hydrogen-bond donors (Lipinski definition) is 0. The second kappa shape index (κ2) is 4.17.